The van der Waals surface area contributed by atoms with Gasteiger partial charge in [0.2, 0.25) is 0 Å². The minimum atomic E-state index is -4.62. The molecule has 17 heteroatoms. The van der Waals surface area contributed by atoms with Crippen molar-refractivity contribution in [3.8, 4) is 11.8 Å². The SMILES string of the molecule is CC(C)(C)C(C)(C)c1ccc(F)cc1.CC(C)(C)C1(c2ccc(F)cc2)CC1.CC(C)(C)CC(C)(C)C.CC(C)(C)CC1CC1.CC(C)(C)CC1CCOCC1.CC(C)(C)Cc1ccc(C(F)(F)F)cc1.CC(C)(C)Cc1ccc(OC(F)(F)F)cc1.CC(C)Cc1cscn1.CC(C)Cc1nccs1.CC(C)[C@H](C)c1ccc(C#N)cc1.CC(C)[C@H](C)c1ccccn1.Cc1ccncc1CC(C)C. The van der Waals surface area contributed by atoms with Gasteiger partial charge in [0, 0.05) is 72.2 Å². The Morgan fingerprint density at radius 1 is 0.471 bits per heavy atom. The van der Waals surface area contributed by atoms with E-state index in [9.17, 15) is 35.1 Å². The van der Waals surface area contributed by atoms with E-state index in [0.717, 1.165) is 104 Å². The number of hydrogen-bond donors (Lipinski definition) is 0. The number of pyridine rings is 2. The van der Waals surface area contributed by atoms with Crippen molar-refractivity contribution in [1.29, 1.82) is 5.26 Å². The van der Waals surface area contributed by atoms with Crippen LogP contribution in [0.2, 0.25) is 0 Å². The Morgan fingerprint density at radius 3 is 1.26 bits per heavy atom. The predicted octanol–water partition coefficient (Wildman–Crippen LogP) is 39.1. The highest BCUT2D eigenvalue weighted by Crippen LogP contribution is 2.59. The quantitative estimate of drug-likeness (QED) is 0.0838. The zero-order valence-corrected chi connectivity index (χ0v) is 95.9. The van der Waals surface area contributed by atoms with Crippen LogP contribution < -0.4 is 4.74 Å². The summed E-state index contributed by atoms with van der Waals surface area (Å²) in [5, 5.41) is 14.0. The van der Waals surface area contributed by atoms with Gasteiger partial charge < -0.3 is 9.47 Å². The standard InChI is InChI=1S/C13H17F.C13H19F.C12H15F3O.C12H15F3.C12H15N.2C10H15N.C10H20O.C9H20.C8H16.2C7H11NS/c1-12(2,3)13(8-9-13)10-4-6-11(14)7-5-10;1-12(2,3)13(4,5)10-6-8-11(14)9-7-10;1-11(2,3)8-9-4-6-10(7-5-9)16-12(13,14)15;1-11(2,3)8-9-4-6-10(7-5-9)12(13,14)15;1-9(2)10(3)12-6-4-11(8-13)5-7-12;1-8(2)6-10-7-11-5-4-9(10)3;1-8(2)9(3)10-6-4-5-7-11-10;1-10(2,3)8-9-4-6-11-7-5-9;1-8(2,3)7-9(4,5)6;1-8(2,3)6-7-4-5-7;1-6(2)3-7-4-9-5-8-7;1-6(2)5-7-8-3-4-9-7/h4-7H,8-9H2,1-3H3;6-9H,1-5H3;4-7H,8H2,1-3H3;4-7H,8H2,1-3H3;4-7,9-10H,1-3H3;4-5,7-8H,6H2,1-3H3;4-9H,1-3H3;9H,4-8H2,1-3H3;7H2,1-6H3;7H,4-6H2,1-3H3;4-6H,3H2,1-2H3;3-4,6H,5H2,1-2H3/t;;;;10-;;9-;;;;;/m....0.0...../s1. The Bertz CT molecular complexity index is 4590. The van der Waals surface area contributed by atoms with Crippen LogP contribution in [0.1, 0.15) is 399 Å². The molecule has 786 valence electrons. The van der Waals surface area contributed by atoms with Gasteiger partial charge in [-0.2, -0.15) is 18.4 Å². The number of aromatic nitrogens is 4. The van der Waals surface area contributed by atoms with Gasteiger partial charge in [-0.25, -0.2) is 18.7 Å². The van der Waals surface area contributed by atoms with Gasteiger partial charge >= 0.3 is 12.5 Å². The number of nitriles is 1. The van der Waals surface area contributed by atoms with Gasteiger partial charge in [0.15, 0.2) is 0 Å². The third-order valence-electron chi connectivity index (χ3n) is 24.5. The van der Waals surface area contributed by atoms with Crippen molar-refractivity contribution in [3.05, 3.63) is 265 Å². The van der Waals surface area contributed by atoms with Crippen molar-refractivity contribution in [2.45, 2.75) is 395 Å². The van der Waals surface area contributed by atoms with E-state index < -0.39 is 18.1 Å². The third kappa shape index (κ3) is 61.5. The Kier molecular flexibility index (Phi) is 56.2. The molecular formula is C123H189F8N5O2S2. The van der Waals surface area contributed by atoms with Gasteiger partial charge in [0.1, 0.15) is 17.4 Å². The van der Waals surface area contributed by atoms with E-state index in [4.69, 9.17) is 10.00 Å². The number of benzene rings is 5. The summed E-state index contributed by atoms with van der Waals surface area (Å²) in [7, 11) is 0. The highest BCUT2D eigenvalue weighted by Gasteiger charge is 2.53. The molecule has 1 aliphatic heterocycles. The molecule has 7 nitrogen and oxygen atoms in total. The number of rotatable bonds is 17. The molecule has 0 unspecified atom stereocenters. The summed E-state index contributed by atoms with van der Waals surface area (Å²) in [6.07, 6.45) is 15.8. The van der Waals surface area contributed by atoms with Crippen molar-refractivity contribution < 1.29 is 44.6 Å². The van der Waals surface area contributed by atoms with Gasteiger partial charge in [-0.15, -0.1) is 35.8 Å². The molecule has 5 aromatic carbocycles. The largest absolute Gasteiger partial charge is 0.573 e. The van der Waals surface area contributed by atoms with E-state index in [1.54, 1.807) is 59.1 Å². The van der Waals surface area contributed by atoms with Gasteiger partial charge in [-0.05, 0) is 291 Å². The van der Waals surface area contributed by atoms with E-state index in [2.05, 4.69) is 318 Å². The Morgan fingerprint density at radius 2 is 0.929 bits per heavy atom. The number of thiazole rings is 2. The minimum absolute atomic E-state index is 0.0562. The summed E-state index contributed by atoms with van der Waals surface area (Å²) in [6, 6.07) is 43.3. The summed E-state index contributed by atoms with van der Waals surface area (Å²) < 4.78 is 107. The van der Waals surface area contributed by atoms with Crippen molar-refractivity contribution in [2.75, 3.05) is 13.2 Å². The molecule has 5 heterocycles. The van der Waals surface area contributed by atoms with E-state index in [-0.39, 0.29) is 44.5 Å². The lowest BCUT2D eigenvalue weighted by molar-refractivity contribution is -0.274. The lowest BCUT2D eigenvalue weighted by atomic mass is 9.65. The zero-order chi connectivity index (χ0) is 107. The summed E-state index contributed by atoms with van der Waals surface area (Å²) in [6.45, 7) is 88.6. The van der Waals surface area contributed by atoms with Crippen LogP contribution in [0.4, 0.5) is 35.1 Å². The number of nitrogens with zero attached hydrogens (tertiary/aromatic N) is 5. The average Bonchev–Trinajstić information content (AvgIpc) is 1.58. The van der Waals surface area contributed by atoms with Crippen LogP contribution in [0, 0.1) is 115 Å². The maximum atomic E-state index is 12.8. The molecule has 0 amide bonds. The van der Waals surface area contributed by atoms with Crippen LogP contribution in [0.5, 0.6) is 5.75 Å². The van der Waals surface area contributed by atoms with Crippen molar-refractivity contribution in [3.63, 3.8) is 0 Å². The average molecular weight is 1990 g/mol. The van der Waals surface area contributed by atoms with Crippen LogP contribution in [0.25, 0.3) is 0 Å². The van der Waals surface area contributed by atoms with E-state index in [1.807, 2.05) is 96.3 Å². The molecule has 0 bridgehead atoms. The topological polar surface area (TPSA) is 93.8 Å². The fraction of sp³-hybridized carbons (Fsp3) is 0.618. The second kappa shape index (κ2) is 60.3. The van der Waals surface area contributed by atoms with Crippen LogP contribution in [0.3, 0.4) is 0 Å². The fourth-order valence-corrected chi connectivity index (χ4v) is 17.4. The Labute approximate surface area is 856 Å². The molecule has 3 fully saturated rings. The molecule has 9 aromatic rings. The Balaban J connectivity index is 0.000000768. The van der Waals surface area contributed by atoms with Crippen LogP contribution in [0.15, 0.2) is 187 Å². The lowest BCUT2D eigenvalue weighted by Crippen LogP contribution is -2.33. The van der Waals surface area contributed by atoms with Gasteiger partial charge in [-0.1, -0.05) is 343 Å². The third-order valence-corrected chi connectivity index (χ3v) is 25.9. The molecule has 1 saturated heterocycles. The molecule has 2 atom stereocenters. The van der Waals surface area contributed by atoms with Gasteiger partial charge in [-0.3, -0.25) is 9.97 Å². The first-order valence-corrected chi connectivity index (χ1v) is 53.0. The van der Waals surface area contributed by atoms with Gasteiger partial charge in [0.25, 0.3) is 0 Å². The van der Waals surface area contributed by atoms with E-state index in [1.165, 1.54) is 126 Å². The number of hydrogen-bond acceptors (Lipinski definition) is 9. The van der Waals surface area contributed by atoms with E-state index >= 15 is 0 Å². The van der Waals surface area contributed by atoms with Crippen LogP contribution >= 0.6 is 22.7 Å². The first-order chi connectivity index (χ1) is 64.0. The fourth-order valence-electron chi connectivity index (χ4n) is 15.9. The van der Waals surface area contributed by atoms with Gasteiger partial charge in [0.05, 0.1) is 33.4 Å². The molecule has 3 aliphatic rings. The smallest absolute Gasteiger partial charge is 0.406 e. The molecule has 0 spiro atoms. The number of alkyl halides is 6. The second-order valence-corrected chi connectivity index (χ2v) is 52.2. The molecule has 0 N–H and O–H groups in total. The highest BCUT2D eigenvalue weighted by molar-refractivity contribution is 7.09. The molecule has 12 rings (SSSR count). The summed E-state index contributed by atoms with van der Waals surface area (Å²) >= 11 is 3.41. The lowest BCUT2D eigenvalue weighted by Gasteiger charge is -2.39. The number of aryl methyl sites for hydroxylation is 1. The first-order valence-electron chi connectivity index (χ1n) is 51.2. The summed E-state index contributed by atoms with van der Waals surface area (Å²) in [4.78, 5) is 16.7. The molecule has 4 aromatic heterocycles. The normalized spacial score (nSPS) is 14.3. The molecule has 0 radical (unpaired) electrons. The van der Waals surface area contributed by atoms with Crippen molar-refractivity contribution in [1.82, 2.24) is 19.9 Å². The van der Waals surface area contributed by atoms with Crippen molar-refractivity contribution in [2.24, 2.45) is 84.7 Å². The molecular weight excluding hydrogens is 1800 g/mol. The summed E-state index contributed by atoms with van der Waals surface area (Å²) in [5.41, 5.74) is 16.0. The maximum absolute atomic E-state index is 12.8. The first kappa shape index (κ1) is 130. The Hall–Kier alpha value is -7.65. The van der Waals surface area contributed by atoms with Crippen LogP contribution in [-0.2, 0) is 53.8 Å². The molecule has 140 heavy (non-hydrogen) atoms. The summed E-state index contributed by atoms with van der Waals surface area (Å²) in [5.74, 6) is 6.16. The highest BCUT2D eigenvalue weighted by atomic mass is 32.1. The molecule has 2 saturated carbocycles. The minimum Gasteiger partial charge on any atom is -0.406 e. The predicted molar refractivity (Wildman–Crippen MR) is 585 cm³/mol. The number of ether oxygens (including phenoxy) is 2. The monoisotopic (exact) mass is 1980 g/mol. The van der Waals surface area contributed by atoms with E-state index in [0.29, 0.717) is 50.7 Å². The second-order valence-electron chi connectivity index (χ2n) is 50.5. The molecule has 2 aliphatic carbocycles. The number of halogens is 8. The maximum Gasteiger partial charge on any atom is 0.573 e. The van der Waals surface area contributed by atoms with Crippen molar-refractivity contribution >= 4 is 22.7 Å². The zero-order valence-electron chi connectivity index (χ0n) is 94.3. The van der Waals surface area contributed by atoms with Crippen LogP contribution in [-0.4, -0.2) is 39.5 Å².